The van der Waals surface area contributed by atoms with Crippen LogP contribution in [0.2, 0.25) is 0 Å². The Morgan fingerprint density at radius 1 is 0.914 bits per heavy atom. The third-order valence-corrected chi connectivity index (χ3v) is 8.41. The monoisotopic (exact) mass is 510 g/mol. The molecule has 2 aromatic carbocycles. The minimum absolute atomic E-state index is 0.0460. The molecule has 0 atom stereocenters. The van der Waals surface area contributed by atoms with E-state index in [-0.39, 0.29) is 41.9 Å². The SMILES string of the molecule is O=C(c1ccc(C(F)(F)F)cc1C1CC1)N1CCCN(S(=O)(=O)c2ccc3c(c2)OCCO3)CC1. The molecule has 0 aromatic heterocycles. The summed E-state index contributed by atoms with van der Waals surface area (Å²) in [4.78, 5) is 14.9. The van der Waals surface area contributed by atoms with Gasteiger partial charge in [-0.25, -0.2) is 8.42 Å². The minimum atomic E-state index is -4.48. The Labute approximate surface area is 201 Å². The maximum Gasteiger partial charge on any atom is 0.416 e. The second-order valence-electron chi connectivity index (χ2n) is 8.93. The van der Waals surface area contributed by atoms with Gasteiger partial charge in [0, 0.05) is 37.8 Å². The lowest BCUT2D eigenvalue weighted by atomic mass is 9.98. The summed E-state index contributed by atoms with van der Waals surface area (Å²) in [6.07, 6.45) is -2.56. The van der Waals surface area contributed by atoms with Gasteiger partial charge in [-0.2, -0.15) is 17.5 Å². The number of amides is 1. The van der Waals surface area contributed by atoms with Crippen LogP contribution < -0.4 is 9.47 Å². The lowest BCUT2D eigenvalue weighted by molar-refractivity contribution is -0.137. The lowest BCUT2D eigenvalue weighted by Gasteiger charge is -2.24. The van der Waals surface area contributed by atoms with Crippen molar-refractivity contribution in [1.82, 2.24) is 9.21 Å². The van der Waals surface area contributed by atoms with Crippen LogP contribution in [0.25, 0.3) is 0 Å². The molecule has 0 unspecified atom stereocenters. The molecule has 2 heterocycles. The summed E-state index contributed by atoms with van der Waals surface area (Å²) in [6, 6.07) is 7.77. The number of rotatable bonds is 4. The number of hydrogen-bond acceptors (Lipinski definition) is 5. The summed E-state index contributed by atoms with van der Waals surface area (Å²) in [5.41, 5.74) is -0.0676. The van der Waals surface area contributed by atoms with E-state index in [1.165, 1.54) is 27.4 Å². The Balaban J connectivity index is 1.33. The van der Waals surface area contributed by atoms with Crippen molar-refractivity contribution in [2.24, 2.45) is 0 Å². The van der Waals surface area contributed by atoms with E-state index in [2.05, 4.69) is 0 Å². The molecule has 0 spiro atoms. The zero-order chi connectivity index (χ0) is 24.8. The standard InChI is InChI=1S/C24H25F3N2O5S/c25-24(26,27)17-4-6-19(20(14-17)16-2-3-16)23(30)28-8-1-9-29(11-10-28)35(31,32)18-5-7-21-22(15-18)34-13-12-33-21/h4-7,14-16H,1-3,8-13H2. The number of fused-ring (bicyclic) bond motifs is 1. The fraction of sp³-hybridized carbons (Fsp3) is 0.458. The van der Waals surface area contributed by atoms with Gasteiger partial charge in [0.25, 0.3) is 5.91 Å². The Kier molecular flexibility index (Phi) is 6.16. The van der Waals surface area contributed by atoms with E-state index in [4.69, 9.17) is 9.47 Å². The molecule has 0 N–H and O–H groups in total. The summed E-state index contributed by atoms with van der Waals surface area (Å²) in [5.74, 6) is 0.458. The van der Waals surface area contributed by atoms with Gasteiger partial charge in [0.1, 0.15) is 13.2 Å². The fourth-order valence-corrected chi connectivity index (χ4v) is 5.99. The molecule has 35 heavy (non-hydrogen) atoms. The summed E-state index contributed by atoms with van der Waals surface area (Å²) in [5, 5.41) is 0. The van der Waals surface area contributed by atoms with E-state index in [1.54, 1.807) is 6.07 Å². The Morgan fingerprint density at radius 2 is 1.66 bits per heavy atom. The molecule has 2 fully saturated rings. The first-order valence-electron chi connectivity index (χ1n) is 11.5. The number of ether oxygens (including phenoxy) is 2. The summed E-state index contributed by atoms with van der Waals surface area (Å²) < 4.78 is 78.5. The Hall–Kier alpha value is -2.79. The third kappa shape index (κ3) is 4.84. The Bertz CT molecular complexity index is 1240. The van der Waals surface area contributed by atoms with Crippen LogP contribution in [0, 0.1) is 0 Å². The maximum absolute atomic E-state index is 13.3. The van der Waals surface area contributed by atoms with Crippen LogP contribution in [-0.2, 0) is 16.2 Å². The molecule has 5 rings (SSSR count). The number of carbonyl (C=O) groups is 1. The van der Waals surface area contributed by atoms with Crippen molar-refractivity contribution < 1.29 is 35.9 Å². The normalized spacial score (nSPS) is 19.3. The minimum Gasteiger partial charge on any atom is -0.486 e. The van der Waals surface area contributed by atoms with Crippen LogP contribution in [0.4, 0.5) is 13.2 Å². The molecule has 0 radical (unpaired) electrons. The highest BCUT2D eigenvalue weighted by Gasteiger charge is 2.36. The van der Waals surface area contributed by atoms with E-state index in [9.17, 15) is 26.4 Å². The number of halogens is 3. The van der Waals surface area contributed by atoms with E-state index in [1.807, 2.05) is 0 Å². The summed E-state index contributed by atoms with van der Waals surface area (Å²) in [7, 11) is -3.83. The van der Waals surface area contributed by atoms with Gasteiger partial charge >= 0.3 is 6.18 Å². The molecule has 1 amide bonds. The number of nitrogens with zero attached hydrogens (tertiary/aromatic N) is 2. The second kappa shape index (κ2) is 9.02. The highest BCUT2D eigenvalue weighted by Crippen LogP contribution is 2.44. The number of benzene rings is 2. The van der Waals surface area contributed by atoms with E-state index in [0.29, 0.717) is 43.2 Å². The van der Waals surface area contributed by atoms with Gasteiger partial charge in [-0.05, 0) is 61.1 Å². The molecule has 188 valence electrons. The molecule has 1 saturated heterocycles. The molecule has 1 saturated carbocycles. The first-order chi connectivity index (χ1) is 16.6. The molecular weight excluding hydrogens is 485 g/mol. The predicted molar refractivity (Wildman–Crippen MR) is 120 cm³/mol. The summed E-state index contributed by atoms with van der Waals surface area (Å²) >= 11 is 0. The number of sulfonamides is 1. The van der Waals surface area contributed by atoms with E-state index >= 15 is 0 Å². The first kappa shape index (κ1) is 23.9. The number of carbonyl (C=O) groups excluding carboxylic acids is 1. The highest BCUT2D eigenvalue weighted by atomic mass is 32.2. The lowest BCUT2D eigenvalue weighted by Crippen LogP contribution is -2.37. The smallest absolute Gasteiger partial charge is 0.416 e. The van der Waals surface area contributed by atoms with Gasteiger partial charge < -0.3 is 14.4 Å². The summed E-state index contributed by atoms with van der Waals surface area (Å²) in [6.45, 7) is 1.51. The van der Waals surface area contributed by atoms with Crippen LogP contribution in [0.5, 0.6) is 11.5 Å². The van der Waals surface area contributed by atoms with Gasteiger partial charge in [-0.1, -0.05) is 0 Å². The predicted octanol–water partition coefficient (Wildman–Crippen LogP) is 3.89. The highest BCUT2D eigenvalue weighted by molar-refractivity contribution is 7.89. The molecule has 11 heteroatoms. The Morgan fingerprint density at radius 3 is 2.37 bits per heavy atom. The average Bonchev–Trinajstić information content (AvgIpc) is 3.69. The van der Waals surface area contributed by atoms with Crippen LogP contribution >= 0.6 is 0 Å². The van der Waals surface area contributed by atoms with Crippen LogP contribution in [0.15, 0.2) is 41.3 Å². The third-order valence-electron chi connectivity index (χ3n) is 6.52. The first-order valence-corrected chi connectivity index (χ1v) is 13.0. The van der Waals surface area contributed by atoms with Gasteiger partial charge in [-0.3, -0.25) is 4.79 Å². The van der Waals surface area contributed by atoms with E-state index in [0.717, 1.165) is 25.0 Å². The van der Waals surface area contributed by atoms with Crippen molar-refractivity contribution >= 4 is 15.9 Å². The van der Waals surface area contributed by atoms with Gasteiger partial charge in [0.15, 0.2) is 11.5 Å². The quantitative estimate of drug-likeness (QED) is 0.624. The van der Waals surface area contributed by atoms with E-state index < -0.39 is 21.8 Å². The second-order valence-corrected chi connectivity index (χ2v) is 10.9. The molecule has 0 bridgehead atoms. The zero-order valence-corrected chi connectivity index (χ0v) is 19.7. The van der Waals surface area contributed by atoms with Gasteiger partial charge in [0.05, 0.1) is 10.5 Å². The van der Waals surface area contributed by atoms with Gasteiger partial charge in [0.2, 0.25) is 10.0 Å². The van der Waals surface area contributed by atoms with Crippen LogP contribution in [0.3, 0.4) is 0 Å². The number of hydrogen-bond donors (Lipinski definition) is 0. The van der Waals surface area contributed by atoms with Crippen molar-refractivity contribution in [3.63, 3.8) is 0 Å². The molecular formula is C24H25F3N2O5S. The molecule has 3 aliphatic rings. The zero-order valence-electron chi connectivity index (χ0n) is 18.9. The average molecular weight is 511 g/mol. The van der Waals surface area contributed by atoms with Crippen molar-refractivity contribution in [3.8, 4) is 11.5 Å². The number of alkyl halides is 3. The largest absolute Gasteiger partial charge is 0.486 e. The molecule has 1 aliphatic carbocycles. The molecule has 2 aromatic rings. The van der Waals surface area contributed by atoms with Crippen molar-refractivity contribution in [1.29, 1.82) is 0 Å². The molecule has 7 nitrogen and oxygen atoms in total. The van der Waals surface area contributed by atoms with Gasteiger partial charge in [-0.15, -0.1) is 0 Å². The maximum atomic E-state index is 13.3. The topological polar surface area (TPSA) is 76.2 Å². The van der Waals surface area contributed by atoms with Crippen molar-refractivity contribution in [2.45, 2.75) is 36.3 Å². The van der Waals surface area contributed by atoms with Crippen molar-refractivity contribution in [2.75, 3.05) is 39.4 Å². The molecule has 2 aliphatic heterocycles. The van der Waals surface area contributed by atoms with Crippen LogP contribution in [-0.4, -0.2) is 62.9 Å². The fourth-order valence-electron chi connectivity index (χ4n) is 4.51. The van der Waals surface area contributed by atoms with Crippen molar-refractivity contribution in [3.05, 3.63) is 53.1 Å². The van der Waals surface area contributed by atoms with Crippen LogP contribution in [0.1, 0.15) is 46.7 Å².